The summed E-state index contributed by atoms with van der Waals surface area (Å²) in [5.74, 6) is 1.92. The van der Waals surface area contributed by atoms with Crippen LogP contribution in [0.25, 0.3) is 0 Å². The number of halogens is 1. The molecule has 2 aromatic heterocycles. The number of aromatic nitrogens is 2. The number of nitro groups is 1. The molecule has 9 heteroatoms. The van der Waals surface area contributed by atoms with E-state index in [4.69, 9.17) is 16.3 Å². The van der Waals surface area contributed by atoms with Crippen molar-refractivity contribution in [3.05, 3.63) is 45.7 Å². The molecule has 1 aliphatic heterocycles. The maximum Gasteiger partial charge on any atom is 0.313 e. The van der Waals surface area contributed by atoms with Crippen LogP contribution >= 0.6 is 11.6 Å². The predicted octanol–water partition coefficient (Wildman–Crippen LogP) is 2.37. The van der Waals surface area contributed by atoms with Crippen LogP contribution in [0.5, 0.6) is 5.75 Å². The molecular weight excluding hydrogens is 334 g/mol. The van der Waals surface area contributed by atoms with Crippen molar-refractivity contribution in [3.8, 4) is 5.75 Å². The van der Waals surface area contributed by atoms with E-state index in [1.807, 2.05) is 11.0 Å². The lowest BCUT2D eigenvalue weighted by atomic mass is 10.2. The van der Waals surface area contributed by atoms with Gasteiger partial charge in [-0.1, -0.05) is 11.6 Å². The summed E-state index contributed by atoms with van der Waals surface area (Å²) in [6.07, 6.45) is 3.13. The van der Waals surface area contributed by atoms with E-state index in [2.05, 4.69) is 14.9 Å². The summed E-state index contributed by atoms with van der Waals surface area (Å²) < 4.78 is 5.21. The zero-order valence-electron chi connectivity index (χ0n) is 13.1. The van der Waals surface area contributed by atoms with Crippen molar-refractivity contribution in [1.82, 2.24) is 9.97 Å². The number of anilines is 2. The second-order valence-corrected chi connectivity index (χ2v) is 5.72. The largest absolute Gasteiger partial charge is 0.497 e. The minimum absolute atomic E-state index is 0.0737. The molecular formula is C15H16ClN5O3. The molecule has 1 fully saturated rings. The smallest absolute Gasteiger partial charge is 0.313 e. The minimum Gasteiger partial charge on any atom is -0.497 e. The monoisotopic (exact) mass is 349 g/mol. The summed E-state index contributed by atoms with van der Waals surface area (Å²) in [4.78, 5) is 23.3. The van der Waals surface area contributed by atoms with E-state index in [1.54, 1.807) is 19.4 Å². The highest BCUT2D eigenvalue weighted by atomic mass is 35.5. The standard InChI is InChI=1S/C15H16ClN5O3/c1-24-12-2-3-17-14(9-12)19-4-6-20(7-5-19)15-13(21(22)23)8-11(16)10-18-15/h2-3,8-10H,4-7H2,1H3. The molecule has 0 N–H and O–H groups in total. The molecule has 3 rings (SSSR count). The Kier molecular flexibility index (Phi) is 4.66. The normalized spacial score (nSPS) is 14.6. The highest BCUT2D eigenvalue weighted by molar-refractivity contribution is 6.30. The Bertz CT molecular complexity index is 750. The third kappa shape index (κ3) is 3.33. The number of piperazine rings is 1. The van der Waals surface area contributed by atoms with E-state index in [0.717, 1.165) is 11.6 Å². The number of nitrogens with zero attached hydrogens (tertiary/aromatic N) is 5. The van der Waals surface area contributed by atoms with E-state index in [1.165, 1.54) is 12.3 Å². The molecule has 0 radical (unpaired) electrons. The van der Waals surface area contributed by atoms with Gasteiger partial charge in [-0.15, -0.1) is 0 Å². The van der Waals surface area contributed by atoms with Crippen LogP contribution in [0.2, 0.25) is 5.02 Å². The maximum absolute atomic E-state index is 11.2. The first-order valence-corrected chi connectivity index (χ1v) is 7.76. The Balaban J connectivity index is 1.74. The molecule has 24 heavy (non-hydrogen) atoms. The third-order valence-electron chi connectivity index (χ3n) is 3.87. The molecule has 0 unspecified atom stereocenters. The first-order chi connectivity index (χ1) is 11.6. The number of methoxy groups -OCH3 is 1. The predicted molar refractivity (Wildman–Crippen MR) is 91.1 cm³/mol. The molecule has 0 spiro atoms. The quantitative estimate of drug-likeness (QED) is 0.618. The number of hydrogen-bond acceptors (Lipinski definition) is 7. The molecule has 0 atom stereocenters. The van der Waals surface area contributed by atoms with Crippen LogP contribution < -0.4 is 14.5 Å². The summed E-state index contributed by atoms with van der Waals surface area (Å²) >= 11 is 5.82. The molecule has 0 bridgehead atoms. The average Bonchev–Trinajstić information content (AvgIpc) is 2.62. The fourth-order valence-corrected chi connectivity index (χ4v) is 2.80. The first-order valence-electron chi connectivity index (χ1n) is 7.38. The van der Waals surface area contributed by atoms with E-state index < -0.39 is 4.92 Å². The van der Waals surface area contributed by atoms with Crippen LogP contribution in [0.4, 0.5) is 17.3 Å². The van der Waals surface area contributed by atoms with Crippen LogP contribution in [0.3, 0.4) is 0 Å². The van der Waals surface area contributed by atoms with Gasteiger partial charge in [0.2, 0.25) is 5.82 Å². The summed E-state index contributed by atoms with van der Waals surface area (Å²) in [7, 11) is 1.61. The van der Waals surface area contributed by atoms with Gasteiger partial charge in [-0.05, 0) is 6.07 Å². The lowest BCUT2D eigenvalue weighted by Gasteiger charge is -2.35. The van der Waals surface area contributed by atoms with Crippen LogP contribution in [0, 0.1) is 10.1 Å². The van der Waals surface area contributed by atoms with Crippen molar-refractivity contribution in [1.29, 1.82) is 0 Å². The fourth-order valence-electron chi connectivity index (χ4n) is 2.65. The summed E-state index contributed by atoms with van der Waals surface area (Å²) in [5, 5.41) is 11.5. The minimum atomic E-state index is -0.454. The van der Waals surface area contributed by atoms with Gasteiger partial charge in [-0.3, -0.25) is 10.1 Å². The number of rotatable bonds is 4. The van der Waals surface area contributed by atoms with E-state index in [0.29, 0.717) is 32.0 Å². The summed E-state index contributed by atoms with van der Waals surface area (Å²) in [6.45, 7) is 2.58. The Morgan fingerprint density at radius 1 is 1.21 bits per heavy atom. The van der Waals surface area contributed by atoms with Gasteiger partial charge in [-0.25, -0.2) is 9.97 Å². The van der Waals surface area contributed by atoms with Crippen molar-refractivity contribution >= 4 is 28.9 Å². The van der Waals surface area contributed by atoms with Crippen molar-refractivity contribution in [3.63, 3.8) is 0 Å². The number of hydrogen-bond donors (Lipinski definition) is 0. The van der Waals surface area contributed by atoms with Gasteiger partial charge in [0.15, 0.2) is 0 Å². The number of ether oxygens (including phenoxy) is 1. The number of pyridine rings is 2. The van der Waals surface area contributed by atoms with Crippen LogP contribution in [0.1, 0.15) is 0 Å². The molecule has 0 saturated carbocycles. The lowest BCUT2D eigenvalue weighted by molar-refractivity contribution is -0.384. The second-order valence-electron chi connectivity index (χ2n) is 5.28. The van der Waals surface area contributed by atoms with Crippen molar-refractivity contribution in [2.75, 3.05) is 43.1 Å². The van der Waals surface area contributed by atoms with Gasteiger partial charge >= 0.3 is 5.69 Å². The molecule has 8 nitrogen and oxygen atoms in total. The van der Waals surface area contributed by atoms with Crippen LogP contribution in [-0.2, 0) is 0 Å². The Morgan fingerprint density at radius 3 is 2.58 bits per heavy atom. The van der Waals surface area contributed by atoms with Crippen molar-refractivity contribution in [2.24, 2.45) is 0 Å². The van der Waals surface area contributed by atoms with Gasteiger partial charge in [0.1, 0.15) is 11.6 Å². The highest BCUT2D eigenvalue weighted by Gasteiger charge is 2.26. The van der Waals surface area contributed by atoms with Gasteiger partial charge in [-0.2, -0.15) is 0 Å². The average molecular weight is 350 g/mol. The molecule has 2 aromatic rings. The lowest BCUT2D eigenvalue weighted by Crippen LogP contribution is -2.47. The second kappa shape index (κ2) is 6.88. The Morgan fingerprint density at radius 2 is 1.92 bits per heavy atom. The molecule has 0 aliphatic carbocycles. The zero-order valence-corrected chi connectivity index (χ0v) is 13.8. The third-order valence-corrected chi connectivity index (χ3v) is 4.07. The summed E-state index contributed by atoms with van der Waals surface area (Å²) in [5.41, 5.74) is -0.0737. The van der Waals surface area contributed by atoms with Crippen LogP contribution in [-0.4, -0.2) is 48.2 Å². The van der Waals surface area contributed by atoms with Crippen molar-refractivity contribution < 1.29 is 9.66 Å². The molecule has 126 valence electrons. The summed E-state index contributed by atoms with van der Waals surface area (Å²) in [6, 6.07) is 5.00. The molecule has 0 aromatic carbocycles. The first kappa shape index (κ1) is 16.3. The molecule has 1 aliphatic rings. The van der Waals surface area contributed by atoms with E-state index in [9.17, 15) is 10.1 Å². The van der Waals surface area contributed by atoms with Gasteiger partial charge in [0, 0.05) is 50.7 Å². The SMILES string of the molecule is COc1ccnc(N2CCN(c3ncc(Cl)cc3[N+](=O)[O-])CC2)c1. The van der Waals surface area contributed by atoms with Gasteiger partial charge < -0.3 is 14.5 Å². The fraction of sp³-hybridized carbons (Fsp3) is 0.333. The highest BCUT2D eigenvalue weighted by Crippen LogP contribution is 2.29. The van der Waals surface area contributed by atoms with E-state index in [-0.39, 0.29) is 10.7 Å². The Labute approximate surface area is 143 Å². The van der Waals surface area contributed by atoms with Crippen LogP contribution in [0.15, 0.2) is 30.6 Å². The zero-order chi connectivity index (χ0) is 17.1. The van der Waals surface area contributed by atoms with Gasteiger partial charge in [0.25, 0.3) is 0 Å². The topological polar surface area (TPSA) is 84.6 Å². The van der Waals surface area contributed by atoms with Gasteiger partial charge in [0.05, 0.1) is 17.1 Å². The maximum atomic E-state index is 11.2. The molecule has 1 saturated heterocycles. The van der Waals surface area contributed by atoms with E-state index >= 15 is 0 Å². The van der Waals surface area contributed by atoms with Crippen molar-refractivity contribution in [2.45, 2.75) is 0 Å². The molecule has 3 heterocycles. The molecule has 0 amide bonds. The Hall–Kier alpha value is -2.61.